The number of piperazine rings is 1. The molecule has 1 fully saturated rings. The lowest BCUT2D eigenvalue weighted by Crippen LogP contribution is -2.50. The first-order chi connectivity index (χ1) is 17.5. The number of hydrogen-bond acceptors (Lipinski definition) is 9. The summed E-state index contributed by atoms with van der Waals surface area (Å²) in [5.41, 5.74) is 2.80. The molecule has 1 aliphatic heterocycles. The van der Waals surface area contributed by atoms with Crippen molar-refractivity contribution in [3.05, 3.63) is 54.6 Å². The Morgan fingerprint density at radius 2 is 1.81 bits per heavy atom. The summed E-state index contributed by atoms with van der Waals surface area (Å²) in [4.78, 5) is 21.0. The smallest absolute Gasteiger partial charge is 0.323 e. The molecule has 3 heterocycles. The summed E-state index contributed by atoms with van der Waals surface area (Å²) < 4.78 is 16.4. The van der Waals surface area contributed by atoms with Gasteiger partial charge in [-0.25, -0.2) is 9.78 Å². The highest BCUT2D eigenvalue weighted by Gasteiger charge is 2.23. The van der Waals surface area contributed by atoms with E-state index in [2.05, 4.69) is 25.4 Å². The Balaban J connectivity index is 1.19. The zero-order chi connectivity index (χ0) is 25.1. The van der Waals surface area contributed by atoms with Crippen LogP contribution in [0.3, 0.4) is 0 Å². The summed E-state index contributed by atoms with van der Waals surface area (Å²) in [6, 6.07) is 13.4. The molecule has 2 amide bonds. The molecule has 5 rings (SSSR count). The molecule has 0 saturated carbocycles. The van der Waals surface area contributed by atoms with Crippen molar-refractivity contribution < 1.29 is 18.7 Å². The molecule has 10 nitrogen and oxygen atoms in total. The van der Waals surface area contributed by atoms with E-state index in [1.165, 1.54) is 11.3 Å². The molecule has 11 heteroatoms. The second-order valence-electron chi connectivity index (χ2n) is 8.17. The maximum Gasteiger partial charge on any atom is 0.323 e. The zero-order valence-electron chi connectivity index (χ0n) is 20.2. The van der Waals surface area contributed by atoms with Crippen molar-refractivity contribution in [1.29, 1.82) is 0 Å². The average Bonchev–Trinajstić information content (AvgIpc) is 3.57. The number of aromatic nitrogens is 3. The first-order valence-electron chi connectivity index (χ1n) is 11.4. The summed E-state index contributed by atoms with van der Waals surface area (Å²) in [6.07, 6.45) is 1.70. The Bertz CT molecular complexity index is 1340. The number of rotatable bonds is 6. The van der Waals surface area contributed by atoms with Crippen LogP contribution in [0.2, 0.25) is 0 Å². The predicted molar refractivity (Wildman–Crippen MR) is 138 cm³/mol. The number of hydrogen-bond donors (Lipinski definition) is 1. The first kappa shape index (κ1) is 23.6. The van der Waals surface area contributed by atoms with E-state index in [-0.39, 0.29) is 6.03 Å². The minimum Gasteiger partial charge on any atom is -0.497 e. The van der Waals surface area contributed by atoms with E-state index in [1.807, 2.05) is 49.4 Å². The number of aryl methyl sites for hydroxylation is 1. The number of carbonyl (C=O) groups excluding carboxylic acids is 1. The number of oxazole rings is 1. The van der Waals surface area contributed by atoms with Crippen LogP contribution >= 0.6 is 11.3 Å². The highest BCUT2D eigenvalue weighted by molar-refractivity contribution is 7.18. The number of carbonyl (C=O) groups is 1. The molecule has 186 valence electrons. The maximum absolute atomic E-state index is 12.8. The monoisotopic (exact) mass is 506 g/mol. The lowest BCUT2D eigenvalue weighted by molar-refractivity contribution is 0.208. The van der Waals surface area contributed by atoms with E-state index < -0.39 is 0 Å². The highest BCUT2D eigenvalue weighted by atomic mass is 32.1. The van der Waals surface area contributed by atoms with Gasteiger partial charge in [-0.1, -0.05) is 11.3 Å². The molecule has 1 saturated heterocycles. The second kappa shape index (κ2) is 10.2. The van der Waals surface area contributed by atoms with Crippen LogP contribution in [-0.4, -0.2) is 66.5 Å². The Morgan fingerprint density at radius 3 is 2.47 bits per heavy atom. The van der Waals surface area contributed by atoms with E-state index in [1.54, 1.807) is 25.3 Å². The molecule has 0 radical (unpaired) electrons. The lowest BCUT2D eigenvalue weighted by Gasteiger charge is -2.36. The van der Waals surface area contributed by atoms with Gasteiger partial charge in [-0.15, -0.1) is 10.2 Å². The number of benzene rings is 2. The molecule has 4 aromatic rings. The molecular weight excluding hydrogens is 480 g/mol. The van der Waals surface area contributed by atoms with E-state index in [0.717, 1.165) is 27.6 Å². The SMILES string of the molecule is COc1ccc(-c2nnc(NC(=O)N3CCN(c4ccc(-c5cnc(C)o5)c(OC)c4)CC3)s2)cc1. The van der Waals surface area contributed by atoms with Crippen LogP contribution in [0.4, 0.5) is 15.6 Å². The summed E-state index contributed by atoms with van der Waals surface area (Å²) in [6.45, 7) is 4.38. The summed E-state index contributed by atoms with van der Waals surface area (Å²) in [7, 11) is 3.27. The van der Waals surface area contributed by atoms with E-state index in [9.17, 15) is 4.79 Å². The summed E-state index contributed by atoms with van der Waals surface area (Å²) >= 11 is 1.34. The Kier molecular flexibility index (Phi) is 6.72. The van der Waals surface area contributed by atoms with Crippen LogP contribution in [0.15, 0.2) is 53.1 Å². The Labute approximate surface area is 212 Å². The van der Waals surface area contributed by atoms with Crippen LogP contribution in [0, 0.1) is 6.92 Å². The fourth-order valence-corrected chi connectivity index (χ4v) is 4.77. The quantitative estimate of drug-likeness (QED) is 0.406. The number of nitrogens with zero attached hydrogens (tertiary/aromatic N) is 5. The zero-order valence-corrected chi connectivity index (χ0v) is 21.0. The number of methoxy groups -OCH3 is 2. The summed E-state index contributed by atoms with van der Waals surface area (Å²) in [5, 5.41) is 12.4. The van der Waals surface area contributed by atoms with Gasteiger partial charge in [-0.3, -0.25) is 5.32 Å². The third-order valence-corrected chi connectivity index (χ3v) is 6.87. The van der Waals surface area contributed by atoms with Crippen LogP contribution in [0.5, 0.6) is 11.5 Å². The van der Waals surface area contributed by atoms with Gasteiger partial charge < -0.3 is 23.7 Å². The Hall–Kier alpha value is -4.12. The topological polar surface area (TPSA) is 106 Å². The van der Waals surface area contributed by atoms with Gasteiger partial charge >= 0.3 is 6.03 Å². The first-order valence-corrected chi connectivity index (χ1v) is 12.3. The highest BCUT2D eigenvalue weighted by Crippen LogP contribution is 2.34. The standard InChI is InChI=1S/C25H26N6O4S/c1-16-26-15-22(35-16)20-9-6-18(14-21(20)34-3)30-10-12-31(13-11-30)25(32)27-24-29-28-23(36-24)17-4-7-19(33-2)8-5-17/h4-9,14-15H,10-13H2,1-3H3,(H,27,29,32). The minimum absolute atomic E-state index is 0.180. The van der Waals surface area contributed by atoms with Gasteiger partial charge in [-0.2, -0.15) is 0 Å². The molecule has 0 spiro atoms. The third-order valence-electron chi connectivity index (χ3n) is 5.98. The van der Waals surface area contributed by atoms with Gasteiger partial charge in [-0.05, 0) is 36.4 Å². The van der Waals surface area contributed by atoms with E-state index in [0.29, 0.717) is 48.7 Å². The van der Waals surface area contributed by atoms with E-state index in [4.69, 9.17) is 13.9 Å². The molecule has 0 unspecified atom stereocenters. The van der Waals surface area contributed by atoms with Crippen molar-refractivity contribution in [3.63, 3.8) is 0 Å². The second-order valence-corrected chi connectivity index (χ2v) is 9.15. The van der Waals surface area contributed by atoms with Crippen LogP contribution in [0.1, 0.15) is 5.89 Å². The number of urea groups is 1. The van der Waals surface area contributed by atoms with Crippen LogP contribution in [0.25, 0.3) is 21.9 Å². The van der Waals surface area contributed by atoms with Gasteiger partial charge in [0.25, 0.3) is 0 Å². The average molecular weight is 507 g/mol. The third kappa shape index (κ3) is 4.96. The van der Waals surface area contributed by atoms with Crippen molar-refractivity contribution in [1.82, 2.24) is 20.1 Å². The van der Waals surface area contributed by atoms with Gasteiger partial charge in [0.1, 0.15) is 16.5 Å². The van der Waals surface area contributed by atoms with Crippen molar-refractivity contribution >= 4 is 28.2 Å². The van der Waals surface area contributed by atoms with Crippen molar-refractivity contribution in [2.45, 2.75) is 6.92 Å². The summed E-state index contributed by atoms with van der Waals surface area (Å²) in [5.74, 6) is 2.77. The van der Waals surface area contributed by atoms with Gasteiger partial charge in [0.2, 0.25) is 5.13 Å². The van der Waals surface area contributed by atoms with Crippen molar-refractivity contribution in [2.24, 2.45) is 0 Å². The minimum atomic E-state index is -0.180. The molecule has 0 aliphatic carbocycles. The van der Waals surface area contributed by atoms with Gasteiger partial charge in [0.05, 0.1) is 26.0 Å². The number of amides is 2. The molecule has 2 aromatic heterocycles. The molecule has 36 heavy (non-hydrogen) atoms. The van der Waals surface area contributed by atoms with Crippen molar-refractivity contribution in [3.8, 4) is 33.4 Å². The number of ether oxygens (including phenoxy) is 2. The fourth-order valence-electron chi connectivity index (χ4n) is 4.03. The maximum atomic E-state index is 12.8. The van der Waals surface area contributed by atoms with Gasteiger partial charge in [0, 0.05) is 50.4 Å². The predicted octanol–water partition coefficient (Wildman–Crippen LogP) is 4.54. The molecule has 2 aromatic carbocycles. The molecular formula is C25H26N6O4S. The fraction of sp³-hybridized carbons (Fsp3) is 0.280. The van der Waals surface area contributed by atoms with Crippen molar-refractivity contribution in [2.75, 3.05) is 50.6 Å². The molecule has 0 bridgehead atoms. The van der Waals surface area contributed by atoms with Crippen LogP contribution in [-0.2, 0) is 0 Å². The lowest BCUT2D eigenvalue weighted by atomic mass is 10.1. The molecule has 1 N–H and O–H groups in total. The normalized spacial score (nSPS) is 13.5. The molecule has 1 aliphatic rings. The largest absolute Gasteiger partial charge is 0.497 e. The number of nitrogens with one attached hydrogen (secondary N) is 1. The Morgan fingerprint density at radius 1 is 1.03 bits per heavy atom. The van der Waals surface area contributed by atoms with Crippen LogP contribution < -0.4 is 19.7 Å². The van der Waals surface area contributed by atoms with E-state index >= 15 is 0 Å². The van der Waals surface area contributed by atoms with Gasteiger partial charge in [0.15, 0.2) is 11.7 Å². The number of anilines is 2. The molecule has 0 atom stereocenters.